The summed E-state index contributed by atoms with van der Waals surface area (Å²) in [6.07, 6.45) is 3.17. The molecule has 3 aromatic carbocycles. The van der Waals surface area contributed by atoms with E-state index in [4.69, 9.17) is 31.8 Å². The van der Waals surface area contributed by atoms with Crippen molar-refractivity contribution in [2.45, 2.75) is 39.4 Å². The molecule has 4 rings (SSSR count). The van der Waals surface area contributed by atoms with Crippen LogP contribution in [0.5, 0.6) is 11.5 Å². The number of piperidine rings is 1. The number of amides is 1. The number of likely N-dealkylation sites (tertiary alicyclic amines) is 1. The minimum atomic E-state index is -0.0352. The number of amidine groups is 2. The summed E-state index contributed by atoms with van der Waals surface area (Å²) in [6.45, 7) is 4.19. The fraction of sp³-hybridized carbons (Fsp3) is 0.300. The van der Waals surface area contributed by atoms with Crippen molar-refractivity contribution < 1.29 is 14.3 Å². The molecule has 0 radical (unpaired) electrons. The third-order valence-corrected chi connectivity index (χ3v) is 6.89. The lowest BCUT2D eigenvalue weighted by molar-refractivity contribution is 0.0687. The zero-order valence-corrected chi connectivity index (χ0v) is 21.7. The van der Waals surface area contributed by atoms with E-state index in [0.29, 0.717) is 34.1 Å². The molecule has 0 bridgehead atoms. The van der Waals surface area contributed by atoms with E-state index in [-0.39, 0.29) is 30.8 Å². The van der Waals surface area contributed by atoms with Gasteiger partial charge in [-0.15, -0.1) is 0 Å². The number of carbonyl (C=O) groups is 1. The average Bonchev–Trinajstić information content (AvgIpc) is 2.95. The number of benzene rings is 3. The van der Waals surface area contributed by atoms with Gasteiger partial charge in [-0.25, -0.2) is 0 Å². The van der Waals surface area contributed by atoms with Gasteiger partial charge in [0.15, 0.2) is 0 Å². The standard InChI is InChI=1S/C30H35N5O3/c1-2-20-9-11-35(12-10-20)30(36)25-15-26(37-18-21-5-3-7-23(13-21)28(31)32)17-27(16-25)38-19-22-6-4-8-24(14-22)29(33)34/h3-8,13-17,20H,2,9-12,18-19H2,1H3,(H3,31,32)(H3,33,34). The molecule has 8 nitrogen and oxygen atoms in total. The number of nitrogens with one attached hydrogen (secondary N) is 2. The molecule has 1 aliphatic heterocycles. The van der Waals surface area contributed by atoms with Gasteiger partial charge in [0.05, 0.1) is 0 Å². The molecule has 1 amide bonds. The third-order valence-electron chi connectivity index (χ3n) is 6.89. The maximum atomic E-state index is 13.4. The van der Waals surface area contributed by atoms with E-state index in [1.807, 2.05) is 41.3 Å². The predicted octanol–water partition coefficient (Wildman–Crippen LogP) is 4.67. The summed E-state index contributed by atoms with van der Waals surface area (Å²) in [5.41, 5.74) is 14.7. The molecule has 6 N–H and O–H groups in total. The maximum Gasteiger partial charge on any atom is 0.254 e. The summed E-state index contributed by atoms with van der Waals surface area (Å²) in [6, 6.07) is 19.9. The first kappa shape index (κ1) is 26.7. The van der Waals surface area contributed by atoms with Crippen LogP contribution in [0.2, 0.25) is 0 Å². The molecule has 8 heteroatoms. The number of nitrogens with zero attached hydrogens (tertiary/aromatic N) is 1. The van der Waals surface area contributed by atoms with Crippen LogP contribution in [0.25, 0.3) is 0 Å². The van der Waals surface area contributed by atoms with E-state index in [9.17, 15) is 4.79 Å². The summed E-state index contributed by atoms with van der Waals surface area (Å²) in [5.74, 6) is 1.66. The zero-order chi connectivity index (χ0) is 27.1. The Labute approximate surface area is 223 Å². The molecule has 1 saturated heterocycles. The average molecular weight is 514 g/mol. The Morgan fingerprint density at radius 3 is 1.76 bits per heavy atom. The van der Waals surface area contributed by atoms with Gasteiger partial charge < -0.3 is 25.8 Å². The van der Waals surface area contributed by atoms with Crippen molar-refractivity contribution in [3.05, 3.63) is 94.5 Å². The summed E-state index contributed by atoms with van der Waals surface area (Å²) in [5, 5.41) is 15.3. The Morgan fingerprint density at radius 2 is 1.32 bits per heavy atom. The monoisotopic (exact) mass is 513 g/mol. The van der Waals surface area contributed by atoms with Crippen molar-refractivity contribution in [3.8, 4) is 11.5 Å². The van der Waals surface area contributed by atoms with Crippen LogP contribution >= 0.6 is 0 Å². The number of nitrogens with two attached hydrogens (primary N) is 2. The summed E-state index contributed by atoms with van der Waals surface area (Å²) < 4.78 is 12.2. The van der Waals surface area contributed by atoms with Gasteiger partial charge in [0.1, 0.15) is 36.4 Å². The minimum Gasteiger partial charge on any atom is -0.489 e. The highest BCUT2D eigenvalue weighted by molar-refractivity contribution is 5.96. The van der Waals surface area contributed by atoms with Crippen LogP contribution in [-0.2, 0) is 13.2 Å². The molecule has 0 aliphatic carbocycles. The second kappa shape index (κ2) is 12.3. The lowest BCUT2D eigenvalue weighted by atomic mass is 9.94. The molecule has 0 atom stereocenters. The lowest BCUT2D eigenvalue weighted by Gasteiger charge is -2.31. The lowest BCUT2D eigenvalue weighted by Crippen LogP contribution is -2.38. The van der Waals surface area contributed by atoms with Crippen molar-refractivity contribution in [1.82, 2.24) is 4.90 Å². The van der Waals surface area contributed by atoms with E-state index >= 15 is 0 Å². The number of nitrogen functional groups attached to an aromatic ring is 2. The Balaban J connectivity index is 1.54. The van der Waals surface area contributed by atoms with Gasteiger partial charge in [0, 0.05) is 35.8 Å². The molecule has 0 unspecified atom stereocenters. The van der Waals surface area contributed by atoms with Crippen LogP contribution in [0, 0.1) is 16.7 Å². The number of rotatable bonds is 10. The fourth-order valence-electron chi connectivity index (χ4n) is 4.58. The zero-order valence-electron chi connectivity index (χ0n) is 21.7. The first-order valence-corrected chi connectivity index (χ1v) is 12.9. The summed E-state index contributed by atoms with van der Waals surface area (Å²) in [4.78, 5) is 15.3. The topological polar surface area (TPSA) is 139 Å². The Bertz CT molecular complexity index is 1230. The molecule has 38 heavy (non-hydrogen) atoms. The van der Waals surface area contributed by atoms with Crippen LogP contribution in [0.1, 0.15) is 58.8 Å². The predicted molar refractivity (Wildman–Crippen MR) is 149 cm³/mol. The van der Waals surface area contributed by atoms with E-state index in [0.717, 1.165) is 43.5 Å². The summed E-state index contributed by atoms with van der Waals surface area (Å²) >= 11 is 0. The van der Waals surface area contributed by atoms with E-state index in [2.05, 4.69) is 6.92 Å². The quantitative estimate of drug-likeness (QED) is 0.230. The number of hydrogen-bond donors (Lipinski definition) is 4. The highest BCUT2D eigenvalue weighted by atomic mass is 16.5. The largest absolute Gasteiger partial charge is 0.489 e. The molecule has 1 fully saturated rings. The molecular formula is C30H35N5O3. The Hall–Kier alpha value is -4.33. The first-order valence-electron chi connectivity index (χ1n) is 12.9. The second-order valence-corrected chi connectivity index (χ2v) is 9.64. The van der Waals surface area contributed by atoms with Gasteiger partial charge in [-0.05, 0) is 54.2 Å². The van der Waals surface area contributed by atoms with Gasteiger partial charge in [0.25, 0.3) is 5.91 Å². The maximum absolute atomic E-state index is 13.4. The third kappa shape index (κ3) is 6.91. The second-order valence-electron chi connectivity index (χ2n) is 9.64. The first-order chi connectivity index (χ1) is 18.3. The number of ether oxygens (including phenoxy) is 2. The van der Waals surface area contributed by atoms with Gasteiger partial charge >= 0.3 is 0 Å². The summed E-state index contributed by atoms with van der Waals surface area (Å²) in [7, 11) is 0. The van der Waals surface area contributed by atoms with Gasteiger partial charge in [0.2, 0.25) is 0 Å². The molecule has 1 heterocycles. The normalized spacial score (nSPS) is 13.7. The van der Waals surface area contributed by atoms with Crippen molar-refractivity contribution in [1.29, 1.82) is 10.8 Å². The number of hydrogen-bond acceptors (Lipinski definition) is 5. The van der Waals surface area contributed by atoms with Crippen molar-refractivity contribution >= 4 is 17.6 Å². The molecule has 0 aromatic heterocycles. The molecular weight excluding hydrogens is 478 g/mol. The van der Waals surface area contributed by atoms with Crippen LogP contribution in [-0.4, -0.2) is 35.6 Å². The van der Waals surface area contributed by atoms with E-state index in [1.54, 1.807) is 30.3 Å². The molecule has 1 aliphatic rings. The molecule has 198 valence electrons. The Morgan fingerprint density at radius 1 is 0.816 bits per heavy atom. The highest BCUT2D eigenvalue weighted by Crippen LogP contribution is 2.28. The van der Waals surface area contributed by atoms with E-state index in [1.165, 1.54) is 0 Å². The van der Waals surface area contributed by atoms with E-state index < -0.39 is 0 Å². The van der Waals surface area contributed by atoms with Crippen LogP contribution in [0.4, 0.5) is 0 Å². The smallest absolute Gasteiger partial charge is 0.254 e. The molecule has 3 aromatic rings. The van der Waals surface area contributed by atoms with Crippen LogP contribution < -0.4 is 20.9 Å². The van der Waals surface area contributed by atoms with Crippen LogP contribution in [0.3, 0.4) is 0 Å². The van der Waals surface area contributed by atoms with Crippen molar-refractivity contribution in [2.24, 2.45) is 17.4 Å². The SMILES string of the molecule is CCC1CCN(C(=O)c2cc(OCc3cccc(C(=N)N)c3)cc(OCc3cccc(C(=N)N)c3)c2)CC1. The van der Waals surface area contributed by atoms with Crippen LogP contribution in [0.15, 0.2) is 66.7 Å². The number of carbonyl (C=O) groups excluding carboxylic acids is 1. The molecule has 0 saturated carbocycles. The van der Waals surface area contributed by atoms with Gasteiger partial charge in [-0.3, -0.25) is 15.6 Å². The fourth-order valence-corrected chi connectivity index (χ4v) is 4.58. The van der Waals surface area contributed by atoms with Gasteiger partial charge in [-0.2, -0.15) is 0 Å². The van der Waals surface area contributed by atoms with Crippen molar-refractivity contribution in [2.75, 3.05) is 13.1 Å². The van der Waals surface area contributed by atoms with Crippen molar-refractivity contribution in [3.63, 3.8) is 0 Å². The minimum absolute atomic E-state index is 0.00387. The highest BCUT2D eigenvalue weighted by Gasteiger charge is 2.23. The molecule has 0 spiro atoms. The Kier molecular flexibility index (Phi) is 8.63. The van der Waals surface area contributed by atoms with Gasteiger partial charge in [-0.1, -0.05) is 49.7 Å².